The van der Waals surface area contributed by atoms with Crippen molar-refractivity contribution in [1.82, 2.24) is 0 Å². The fourth-order valence-corrected chi connectivity index (χ4v) is 4.43. The van der Waals surface area contributed by atoms with Crippen LogP contribution in [-0.4, -0.2) is 19.0 Å². The number of nitrogens with one attached hydrogen (secondary N) is 1. The second-order valence-corrected chi connectivity index (χ2v) is 7.16. The van der Waals surface area contributed by atoms with Gasteiger partial charge in [-0.15, -0.1) is 11.3 Å². The van der Waals surface area contributed by atoms with E-state index in [2.05, 4.69) is 12.2 Å². The molecule has 5 heteroatoms. The molecule has 1 aromatic heterocycles. The zero-order valence-electron chi connectivity index (χ0n) is 13.8. The van der Waals surface area contributed by atoms with E-state index in [1.807, 2.05) is 13.8 Å². The van der Waals surface area contributed by atoms with E-state index in [1.54, 1.807) is 11.3 Å². The number of fused-ring (bicyclic) bond motifs is 1. The third-order valence-electron chi connectivity index (χ3n) is 4.49. The first kappa shape index (κ1) is 17.0. The average molecular weight is 323 g/mol. The number of ether oxygens (including phenoxy) is 1. The first-order chi connectivity index (χ1) is 10.5. The van der Waals surface area contributed by atoms with Crippen molar-refractivity contribution >= 4 is 28.2 Å². The van der Waals surface area contributed by atoms with E-state index in [-0.39, 0.29) is 17.8 Å². The zero-order valence-corrected chi connectivity index (χ0v) is 14.6. The molecule has 0 saturated heterocycles. The van der Waals surface area contributed by atoms with Crippen LogP contribution in [0.25, 0.3) is 0 Å². The Labute approximate surface area is 136 Å². The largest absolute Gasteiger partial charge is 0.465 e. The van der Waals surface area contributed by atoms with Crippen molar-refractivity contribution in [2.45, 2.75) is 52.9 Å². The Bertz CT molecular complexity index is 560. The lowest BCUT2D eigenvalue weighted by atomic mass is 9.88. The number of esters is 1. The summed E-state index contributed by atoms with van der Waals surface area (Å²) in [6.07, 6.45) is 4.55. The lowest BCUT2D eigenvalue weighted by Crippen LogP contribution is -2.22. The molecule has 1 atom stereocenters. The molecule has 0 fully saturated rings. The molecule has 0 radical (unpaired) electrons. The van der Waals surface area contributed by atoms with Gasteiger partial charge in [0.15, 0.2) is 0 Å². The molecule has 4 nitrogen and oxygen atoms in total. The lowest BCUT2D eigenvalue weighted by molar-refractivity contribution is -0.120. The zero-order chi connectivity index (χ0) is 16.3. The van der Waals surface area contributed by atoms with Gasteiger partial charge in [0.25, 0.3) is 0 Å². The van der Waals surface area contributed by atoms with E-state index in [9.17, 15) is 9.59 Å². The van der Waals surface area contributed by atoms with Crippen LogP contribution in [0.15, 0.2) is 0 Å². The van der Waals surface area contributed by atoms with Crippen LogP contribution < -0.4 is 5.32 Å². The number of amides is 1. The smallest absolute Gasteiger partial charge is 0.341 e. The normalized spacial score (nSPS) is 17.2. The van der Waals surface area contributed by atoms with Crippen molar-refractivity contribution < 1.29 is 14.3 Å². The molecule has 1 aliphatic rings. The fourth-order valence-electron chi connectivity index (χ4n) is 3.03. The van der Waals surface area contributed by atoms with Gasteiger partial charge in [0.1, 0.15) is 5.00 Å². The highest BCUT2D eigenvalue weighted by Crippen LogP contribution is 2.40. The Morgan fingerprint density at radius 3 is 2.64 bits per heavy atom. The van der Waals surface area contributed by atoms with Gasteiger partial charge in [0.05, 0.1) is 12.7 Å². The van der Waals surface area contributed by atoms with Gasteiger partial charge < -0.3 is 10.1 Å². The van der Waals surface area contributed by atoms with Gasteiger partial charge in [-0.1, -0.05) is 20.8 Å². The molecular formula is C17H25NO3S. The van der Waals surface area contributed by atoms with Crippen molar-refractivity contribution in [3.63, 3.8) is 0 Å². The third-order valence-corrected chi connectivity index (χ3v) is 5.66. The van der Waals surface area contributed by atoms with Crippen LogP contribution in [0.3, 0.4) is 0 Å². The quantitative estimate of drug-likeness (QED) is 0.832. The monoisotopic (exact) mass is 323 g/mol. The Hall–Kier alpha value is -1.36. The van der Waals surface area contributed by atoms with Crippen LogP contribution >= 0.6 is 11.3 Å². The average Bonchev–Trinajstić information content (AvgIpc) is 2.84. The Kier molecular flexibility index (Phi) is 5.62. The first-order valence-electron chi connectivity index (χ1n) is 8.05. The van der Waals surface area contributed by atoms with E-state index < -0.39 is 0 Å². The van der Waals surface area contributed by atoms with Gasteiger partial charge in [-0.25, -0.2) is 4.79 Å². The minimum atomic E-state index is -0.341. The van der Waals surface area contributed by atoms with Crippen LogP contribution in [0.1, 0.15) is 60.8 Å². The number of anilines is 1. The molecule has 0 unspecified atom stereocenters. The molecule has 1 aromatic rings. The summed E-state index contributed by atoms with van der Waals surface area (Å²) in [5, 5.41) is 3.65. The molecule has 0 aliphatic heterocycles. The number of thiophene rings is 1. The van der Waals surface area contributed by atoms with Crippen LogP contribution in [0.4, 0.5) is 5.00 Å². The van der Waals surface area contributed by atoms with E-state index in [1.165, 1.54) is 12.0 Å². The summed E-state index contributed by atoms with van der Waals surface area (Å²) in [7, 11) is 1.39. The standard InChI is InChI=1S/C17H25NO3S/c1-5-11(6-2)15(19)18-16-14(17(20)21-4)12-8-7-10(3)9-13(12)22-16/h10-11H,5-9H2,1-4H3,(H,18,19)/t10-/m1/s1. The summed E-state index contributed by atoms with van der Waals surface area (Å²) in [6, 6.07) is 0. The van der Waals surface area contributed by atoms with Gasteiger partial charge in [-0.05, 0) is 43.6 Å². The molecule has 2 rings (SSSR count). The maximum atomic E-state index is 12.4. The molecule has 1 N–H and O–H groups in total. The van der Waals surface area contributed by atoms with E-state index in [0.29, 0.717) is 16.5 Å². The number of methoxy groups -OCH3 is 1. The maximum absolute atomic E-state index is 12.4. The van der Waals surface area contributed by atoms with Crippen molar-refractivity contribution in [3.8, 4) is 0 Å². The molecule has 122 valence electrons. The van der Waals surface area contributed by atoms with Crippen LogP contribution in [-0.2, 0) is 22.4 Å². The minimum Gasteiger partial charge on any atom is -0.465 e. The summed E-state index contributed by atoms with van der Waals surface area (Å²) in [5.74, 6) is 0.275. The Morgan fingerprint density at radius 2 is 2.05 bits per heavy atom. The first-order valence-corrected chi connectivity index (χ1v) is 8.87. The second kappa shape index (κ2) is 7.27. The molecule has 0 spiro atoms. The summed E-state index contributed by atoms with van der Waals surface area (Å²) in [5.41, 5.74) is 1.66. The molecular weight excluding hydrogens is 298 g/mol. The van der Waals surface area contributed by atoms with Crippen molar-refractivity contribution in [3.05, 3.63) is 16.0 Å². The topological polar surface area (TPSA) is 55.4 Å². The summed E-state index contributed by atoms with van der Waals surface area (Å²) < 4.78 is 4.94. The number of rotatable bonds is 5. The molecule has 1 aliphatic carbocycles. The van der Waals surface area contributed by atoms with E-state index in [4.69, 9.17) is 4.74 Å². The highest BCUT2D eigenvalue weighted by Gasteiger charge is 2.29. The van der Waals surface area contributed by atoms with Gasteiger partial charge in [-0.3, -0.25) is 4.79 Å². The molecule has 0 bridgehead atoms. The van der Waals surface area contributed by atoms with Gasteiger partial charge in [-0.2, -0.15) is 0 Å². The van der Waals surface area contributed by atoms with Crippen LogP contribution in [0.5, 0.6) is 0 Å². The molecule has 22 heavy (non-hydrogen) atoms. The molecule has 1 heterocycles. The summed E-state index contributed by atoms with van der Waals surface area (Å²) in [4.78, 5) is 25.8. The van der Waals surface area contributed by atoms with Gasteiger partial charge >= 0.3 is 5.97 Å². The SMILES string of the molecule is CCC(CC)C(=O)Nc1sc2c(c1C(=O)OC)CC[C@@H](C)C2. The van der Waals surface area contributed by atoms with Crippen LogP contribution in [0.2, 0.25) is 0 Å². The number of carbonyl (C=O) groups is 2. The van der Waals surface area contributed by atoms with Gasteiger partial charge in [0, 0.05) is 10.8 Å². The highest BCUT2D eigenvalue weighted by atomic mass is 32.1. The van der Waals surface area contributed by atoms with Crippen molar-refractivity contribution in [2.24, 2.45) is 11.8 Å². The van der Waals surface area contributed by atoms with Crippen molar-refractivity contribution in [1.29, 1.82) is 0 Å². The predicted octanol–water partition coefficient (Wildman–Crippen LogP) is 4.03. The molecule has 0 aromatic carbocycles. The summed E-state index contributed by atoms with van der Waals surface area (Å²) >= 11 is 1.54. The molecule has 1 amide bonds. The Balaban J connectivity index is 2.34. The van der Waals surface area contributed by atoms with Crippen LogP contribution in [0, 0.1) is 11.8 Å². The number of hydrogen-bond acceptors (Lipinski definition) is 4. The van der Waals surface area contributed by atoms with E-state index in [0.717, 1.165) is 37.7 Å². The maximum Gasteiger partial charge on any atom is 0.341 e. The highest BCUT2D eigenvalue weighted by molar-refractivity contribution is 7.17. The van der Waals surface area contributed by atoms with Gasteiger partial charge in [0.2, 0.25) is 5.91 Å². The fraction of sp³-hybridized carbons (Fsp3) is 0.647. The van der Waals surface area contributed by atoms with E-state index >= 15 is 0 Å². The number of carbonyl (C=O) groups excluding carboxylic acids is 2. The third kappa shape index (κ3) is 3.35. The lowest BCUT2D eigenvalue weighted by Gasteiger charge is -2.18. The second-order valence-electron chi connectivity index (χ2n) is 6.05. The number of hydrogen-bond donors (Lipinski definition) is 1. The Morgan fingerprint density at radius 1 is 1.36 bits per heavy atom. The summed E-state index contributed by atoms with van der Waals surface area (Å²) in [6.45, 7) is 6.25. The minimum absolute atomic E-state index is 0.00167. The van der Waals surface area contributed by atoms with Crippen molar-refractivity contribution in [2.75, 3.05) is 12.4 Å². The molecule has 0 saturated carbocycles. The predicted molar refractivity (Wildman–Crippen MR) is 89.5 cm³/mol.